The lowest BCUT2D eigenvalue weighted by atomic mass is 10.2. The predicted octanol–water partition coefficient (Wildman–Crippen LogP) is 4.44. The van der Waals surface area contributed by atoms with Gasteiger partial charge < -0.3 is 15.4 Å². The Morgan fingerprint density at radius 2 is 1.53 bits per heavy atom. The highest BCUT2D eigenvalue weighted by Gasteiger charge is 2.11. The third-order valence-corrected chi connectivity index (χ3v) is 5.01. The highest BCUT2D eigenvalue weighted by molar-refractivity contribution is 14.1. The van der Waals surface area contributed by atoms with E-state index < -0.39 is 0 Å². The van der Waals surface area contributed by atoms with Crippen LogP contribution in [0.4, 0.5) is 11.4 Å². The third kappa shape index (κ3) is 6.53. The molecule has 0 saturated carbocycles. The van der Waals surface area contributed by atoms with E-state index >= 15 is 0 Å². The summed E-state index contributed by atoms with van der Waals surface area (Å²) in [5.74, 6) is 0.0442. The van der Waals surface area contributed by atoms with Crippen LogP contribution in [0.3, 0.4) is 0 Å². The van der Waals surface area contributed by atoms with Gasteiger partial charge in [0.05, 0.1) is 5.56 Å². The van der Waals surface area contributed by atoms with E-state index in [2.05, 4.69) is 38.5 Å². The molecule has 0 aromatic heterocycles. The Balaban J connectivity index is 1.53. The van der Waals surface area contributed by atoms with Gasteiger partial charge in [-0.15, -0.1) is 0 Å². The number of thiocarbonyl (C=S) groups is 1. The van der Waals surface area contributed by atoms with E-state index in [1.165, 1.54) is 0 Å². The smallest absolute Gasteiger partial charge is 0.262 e. The molecule has 3 rings (SSSR count). The number of amides is 2. The Kier molecular flexibility index (Phi) is 7.75. The van der Waals surface area contributed by atoms with Crippen molar-refractivity contribution in [1.29, 1.82) is 0 Å². The Morgan fingerprint density at radius 3 is 2.27 bits per heavy atom. The number of anilines is 2. The summed E-state index contributed by atoms with van der Waals surface area (Å²) in [5.41, 5.74) is 1.75. The van der Waals surface area contributed by atoms with Crippen LogP contribution in [0.25, 0.3) is 0 Å². The summed E-state index contributed by atoms with van der Waals surface area (Å²) in [7, 11) is 0. The van der Waals surface area contributed by atoms with Gasteiger partial charge >= 0.3 is 0 Å². The van der Waals surface area contributed by atoms with Gasteiger partial charge in [0, 0.05) is 14.9 Å². The molecule has 0 bridgehead atoms. The van der Waals surface area contributed by atoms with E-state index in [9.17, 15) is 9.59 Å². The number of para-hydroxylation sites is 1. The first-order valence-corrected chi connectivity index (χ1v) is 10.4. The van der Waals surface area contributed by atoms with Crippen molar-refractivity contribution in [1.82, 2.24) is 5.32 Å². The minimum Gasteiger partial charge on any atom is -0.484 e. The Labute approximate surface area is 193 Å². The molecule has 30 heavy (non-hydrogen) atoms. The largest absolute Gasteiger partial charge is 0.484 e. The van der Waals surface area contributed by atoms with Crippen LogP contribution in [0.5, 0.6) is 5.75 Å². The fraction of sp³-hybridized carbons (Fsp3) is 0.0455. The molecule has 2 amide bonds. The molecule has 152 valence electrons. The maximum atomic E-state index is 12.4. The number of hydrogen-bond donors (Lipinski definition) is 3. The van der Waals surface area contributed by atoms with E-state index in [0.29, 0.717) is 22.7 Å². The summed E-state index contributed by atoms with van der Waals surface area (Å²) in [6, 6.07) is 23.3. The maximum absolute atomic E-state index is 12.4. The fourth-order valence-corrected chi connectivity index (χ4v) is 3.36. The first-order valence-electron chi connectivity index (χ1n) is 8.96. The van der Waals surface area contributed by atoms with Crippen molar-refractivity contribution in [2.45, 2.75) is 0 Å². The molecule has 0 aliphatic heterocycles. The van der Waals surface area contributed by atoms with E-state index in [4.69, 9.17) is 17.0 Å². The van der Waals surface area contributed by atoms with Crippen LogP contribution in [0.1, 0.15) is 10.4 Å². The average molecular weight is 531 g/mol. The molecule has 0 unspecified atom stereocenters. The first kappa shape index (κ1) is 21.7. The average Bonchev–Trinajstić information content (AvgIpc) is 2.73. The molecule has 0 aliphatic rings. The normalized spacial score (nSPS) is 10.0. The van der Waals surface area contributed by atoms with Crippen molar-refractivity contribution in [3.63, 3.8) is 0 Å². The molecule has 0 radical (unpaired) electrons. The molecule has 6 nitrogen and oxygen atoms in total. The monoisotopic (exact) mass is 531 g/mol. The van der Waals surface area contributed by atoms with Gasteiger partial charge in [-0.2, -0.15) is 0 Å². The molecule has 8 heteroatoms. The lowest BCUT2D eigenvalue weighted by molar-refractivity contribution is -0.118. The molecule has 3 aromatic rings. The summed E-state index contributed by atoms with van der Waals surface area (Å²) < 4.78 is 6.26. The van der Waals surface area contributed by atoms with Gasteiger partial charge in [0.15, 0.2) is 11.7 Å². The minimum absolute atomic E-state index is 0.105. The first-order chi connectivity index (χ1) is 14.5. The van der Waals surface area contributed by atoms with Crippen molar-refractivity contribution >= 4 is 63.1 Å². The van der Waals surface area contributed by atoms with Crippen molar-refractivity contribution < 1.29 is 14.3 Å². The molecule has 0 spiro atoms. The number of carbonyl (C=O) groups excluding carboxylic acids is 2. The van der Waals surface area contributed by atoms with Crippen molar-refractivity contribution in [2.75, 3.05) is 17.2 Å². The molecule has 0 fully saturated rings. The fourth-order valence-electron chi connectivity index (χ4n) is 2.52. The number of rotatable bonds is 6. The van der Waals surface area contributed by atoms with Gasteiger partial charge in [0.25, 0.3) is 11.8 Å². The molecule has 0 saturated heterocycles. The number of nitrogens with one attached hydrogen (secondary N) is 3. The summed E-state index contributed by atoms with van der Waals surface area (Å²) >= 11 is 7.33. The van der Waals surface area contributed by atoms with Crippen LogP contribution in [0, 0.1) is 3.57 Å². The van der Waals surface area contributed by atoms with Crippen molar-refractivity contribution in [2.24, 2.45) is 0 Å². The second-order valence-electron chi connectivity index (χ2n) is 6.12. The quantitative estimate of drug-likeness (QED) is 0.324. The SMILES string of the molecule is O=C(COc1ccccc1)Nc1cccc(NC(=S)NC(=O)c2ccccc2I)c1. The van der Waals surface area contributed by atoms with Gasteiger partial charge in [0.1, 0.15) is 5.75 Å². The van der Waals surface area contributed by atoms with E-state index in [1.54, 1.807) is 48.5 Å². The van der Waals surface area contributed by atoms with Crippen LogP contribution in [0.2, 0.25) is 0 Å². The molecule has 0 atom stereocenters. The van der Waals surface area contributed by atoms with E-state index in [-0.39, 0.29) is 23.5 Å². The molecule has 0 aliphatic carbocycles. The maximum Gasteiger partial charge on any atom is 0.262 e. The highest BCUT2D eigenvalue weighted by Crippen LogP contribution is 2.16. The van der Waals surface area contributed by atoms with Crippen LogP contribution in [-0.4, -0.2) is 23.5 Å². The number of hydrogen-bond acceptors (Lipinski definition) is 4. The zero-order chi connectivity index (χ0) is 21.3. The third-order valence-electron chi connectivity index (χ3n) is 3.86. The lowest BCUT2D eigenvalue weighted by Crippen LogP contribution is -2.34. The number of ether oxygens (including phenoxy) is 1. The van der Waals surface area contributed by atoms with E-state index in [0.717, 1.165) is 3.57 Å². The Hall–Kier alpha value is -2.98. The van der Waals surface area contributed by atoms with Gasteiger partial charge in [-0.25, -0.2) is 0 Å². The van der Waals surface area contributed by atoms with Gasteiger partial charge in [-0.05, 0) is 77.3 Å². The minimum atomic E-state index is -0.292. The molecule has 3 N–H and O–H groups in total. The van der Waals surface area contributed by atoms with Crippen molar-refractivity contribution in [3.8, 4) is 5.75 Å². The summed E-state index contributed by atoms with van der Waals surface area (Å²) in [6.45, 7) is -0.105. The second-order valence-corrected chi connectivity index (χ2v) is 7.69. The van der Waals surface area contributed by atoms with Crippen LogP contribution in [0.15, 0.2) is 78.9 Å². The van der Waals surface area contributed by atoms with Crippen molar-refractivity contribution in [3.05, 3.63) is 88.0 Å². The summed E-state index contributed by atoms with van der Waals surface area (Å²) in [5, 5.41) is 8.53. The number of carbonyl (C=O) groups is 2. The predicted molar refractivity (Wildman–Crippen MR) is 130 cm³/mol. The summed E-state index contributed by atoms with van der Waals surface area (Å²) in [6.07, 6.45) is 0. The Morgan fingerprint density at radius 1 is 0.867 bits per heavy atom. The van der Waals surface area contributed by atoms with Gasteiger partial charge in [-0.1, -0.05) is 36.4 Å². The van der Waals surface area contributed by atoms with Crippen LogP contribution >= 0.6 is 34.8 Å². The Bertz CT molecular complexity index is 1060. The second kappa shape index (κ2) is 10.7. The topological polar surface area (TPSA) is 79.5 Å². The summed E-state index contributed by atoms with van der Waals surface area (Å²) in [4.78, 5) is 24.5. The van der Waals surface area contributed by atoms with Gasteiger partial charge in [0.2, 0.25) is 0 Å². The zero-order valence-corrected chi connectivity index (χ0v) is 18.7. The van der Waals surface area contributed by atoms with Crippen LogP contribution in [-0.2, 0) is 4.79 Å². The number of benzene rings is 3. The zero-order valence-electron chi connectivity index (χ0n) is 15.7. The van der Waals surface area contributed by atoms with Crippen LogP contribution < -0.4 is 20.7 Å². The van der Waals surface area contributed by atoms with Gasteiger partial charge in [-0.3, -0.25) is 14.9 Å². The standard InChI is InChI=1S/C22H18IN3O3S/c23-19-12-5-4-11-18(19)21(28)26-22(30)25-16-8-6-7-15(13-16)24-20(27)14-29-17-9-2-1-3-10-17/h1-13H,14H2,(H,24,27)(H2,25,26,28,30). The molecular formula is C22H18IN3O3S. The molecule has 3 aromatic carbocycles. The lowest BCUT2D eigenvalue weighted by Gasteiger charge is -2.12. The highest BCUT2D eigenvalue weighted by atomic mass is 127. The molecular weight excluding hydrogens is 513 g/mol. The number of halogens is 1. The van der Waals surface area contributed by atoms with E-state index in [1.807, 2.05) is 30.3 Å². The molecule has 0 heterocycles.